The second-order valence-electron chi connectivity index (χ2n) is 2.65. The number of rotatable bonds is 2. The Morgan fingerprint density at radius 1 is 1.58 bits per heavy atom. The third-order valence-corrected chi connectivity index (χ3v) is 2.00. The van der Waals surface area contributed by atoms with Crippen molar-refractivity contribution in [3.63, 3.8) is 0 Å². The molecular formula is C9H9ClO2. The smallest absolute Gasteiger partial charge is 0.307 e. The van der Waals surface area contributed by atoms with Crippen LogP contribution in [0, 0.1) is 6.92 Å². The van der Waals surface area contributed by atoms with Gasteiger partial charge in [0.25, 0.3) is 0 Å². The van der Waals surface area contributed by atoms with Gasteiger partial charge in [0, 0.05) is 5.02 Å². The van der Waals surface area contributed by atoms with E-state index in [2.05, 4.69) is 0 Å². The topological polar surface area (TPSA) is 37.3 Å². The summed E-state index contributed by atoms with van der Waals surface area (Å²) in [7, 11) is 0. The molecule has 0 saturated carbocycles. The van der Waals surface area contributed by atoms with E-state index < -0.39 is 5.97 Å². The average Bonchev–Trinajstić information content (AvgIpc) is 1.96. The fraction of sp³-hybridized carbons (Fsp3) is 0.222. The third-order valence-electron chi connectivity index (χ3n) is 1.59. The number of hydrogen-bond donors (Lipinski definition) is 1. The molecule has 0 unspecified atom stereocenters. The SMILES string of the molecule is Cc1ccc(CC(=O)O)cc1Cl. The lowest BCUT2D eigenvalue weighted by Crippen LogP contribution is -1.99. The molecule has 1 rings (SSSR count). The van der Waals surface area contributed by atoms with Crippen LogP contribution in [0.4, 0.5) is 0 Å². The predicted molar refractivity (Wildman–Crippen MR) is 47.5 cm³/mol. The Kier molecular flexibility index (Phi) is 2.71. The molecular weight excluding hydrogens is 176 g/mol. The van der Waals surface area contributed by atoms with Gasteiger partial charge in [-0.25, -0.2) is 0 Å². The molecule has 0 spiro atoms. The van der Waals surface area contributed by atoms with E-state index >= 15 is 0 Å². The van der Waals surface area contributed by atoms with Crippen LogP contribution in [0.3, 0.4) is 0 Å². The van der Waals surface area contributed by atoms with Crippen molar-refractivity contribution in [1.29, 1.82) is 0 Å². The van der Waals surface area contributed by atoms with Crippen molar-refractivity contribution in [2.24, 2.45) is 0 Å². The van der Waals surface area contributed by atoms with Crippen LogP contribution in [0.5, 0.6) is 0 Å². The summed E-state index contributed by atoms with van der Waals surface area (Å²) in [5, 5.41) is 9.10. The quantitative estimate of drug-likeness (QED) is 0.766. The zero-order chi connectivity index (χ0) is 9.14. The second-order valence-corrected chi connectivity index (χ2v) is 3.06. The lowest BCUT2D eigenvalue weighted by atomic mass is 10.1. The molecule has 0 saturated heterocycles. The van der Waals surface area contributed by atoms with Gasteiger partial charge >= 0.3 is 5.97 Å². The van der Waals surface area contributed by atoms with E-state index in [1.807, 2.05) is 13.0 Å². The minimum atomic E-state index is -0.838. The second kappa shape index (κ2) is 3.59. The number of benzene rings is 1. The molecule has 12 heavy (non-hydrogen) atoms. The summed E-state index contributed by atoms with van der Waals surface area (Å²) >= 11 is 5.80. The highest BCUT2D eigenvalue weighted by molar-refractivity contribution is 6.31. The zero-order valence-corrected chi connectivity index (χ0v) is 7.43. The van der Waals surface area contributed by atoms with Gasteiger partial charge in [0.15, 0.2) is 0 Å². The summed E-state index contributed by atoms with van der Waals surface area (Å²) in [5.41, 5.74) is 1.70. The monoisotopic (exact) mass is 184 g/mol. The molecule has 0 amide bonds. The first-order valence-electron chi connectivity index (χ1n) is 3.56. The van der Waals surface area contributed by atoms with Gasteiger partial charge in [0.2, 0.25) is 0 Å². The fourth-order valence-electron chi connectivity index (χ4n) is 0.921. The van der Waals surface area contributed by atoms with Crippen LogP contribution >= 0.6 is 11.6 Å². The molecule has 0 aliphatic carbocycles. The maximum Gasteiger partial charge on any atom is 0.307 e. The van der Waals surface area contributed by atoms with Gasteiger partial charge < -0.3 is 5.11 Å². The summed E-state index contributed by atoms with van der Waals surface area (Å²) in [4.78, 5) is 10.3. The number of aryl methyl sites for hydroxylation is 1. The van der Waals surface area contributed by atoms with Crippen LogP contribution in [0.2, 0.25) is 5.02 Å². The highest BCUT2D eigenvalue weighted by Crippen LogP contribution is 2.16. The lowest BCUT2D eigenvalue weighted by Gasteiger charge is -2.00. The van der Waals surface area contributed by atoms with Crippen LogP contribution in [0.15, 0.2) is 18.2 Å². The summed E-state index contributed by atoms with van der Waals surface area (Å²) in [6.07, 6.45) is 0.0278. The van der Waals surface area contributed by atoms with E-state index in [-0.39, 0.29) is 6.42 Å². The Hall–Kier alpha value is -1.02. The molecule has 0 aliphatic heterocycles. The minimum absolute atomic E-state index is 0.0278. The number of carboxylic acids is 1. The Morgan fingerprint density at radius 3 is 2.75 bits per heavy atom. The van der Waals surface area contributed by atoms with Crippen LogP contribution < -0.4 is 0 Å². The molecule has 0 bridgehead atoms. The normalized spacial score (nSPS) is 9.83. The maximum absolute atomic E-state index is 10.3. The molecule has 0 atom stereocenters. The van der Waals surface area contributed by atoms with Gasteiger partial charge in [0.05, 0.1) is 6.42 Å². The molecule has 2 nitrogen and oxygen atoms in total. The molecule has 1 aromatic carbocycles. The minimum Gasteiger partial charge on any atom is -0.481 e. The van der Waals surface area contributed by atoms with Crippen molar-refractivity contribution in [3.8, 4) is 0 Å². The first-order valence-corrected chi connectivity index (χ1v) is 3.94. The van der Waals surface area contributed by atoms with Crippen molar-refractivity contribution in [2.45, 2.75) is 13.3 Å². The molecule has 1 N–H and O–H groups in total. The van der Waals surface area contributed by atoms with Gasteiger partial charge in [-0.1, -0.05) is 23.7 Å². The number of aliphatic carboxylic acids is 1. The molecule has 0 aliphatic rings. The van der Waals surface area contributed by atoms with Gasteiger partial charge in [-0.05, 0) is 24.1 Å². The Labute approximate surface area is 75.8 Å². The number of hydrogen-bond acceptors (Lipinski definition) is 1. The van der Waals surface area contributed by atoms with E-state index in [9.17, 15) is 4.79 Å². The molecule has 1 aromatic rings. The van der Waals surface area contributed by atoms with Crippen molar-refractivity contribution in [1.82, 2.24) is 0 Å². The molecule has 3 heteroatoms. The summed E-state index contributed by atoms with van der Waals surface area (Å²) in [6.45, 7) is 1.88. The first kappa shape index (κ1) is 9.07. The van der Waals surface area contributed by atoms with E-state index in [0.717, 1.165) is 11.1 Å². The standard InChI is InChI=1S/C9H9ClO2/c1-6-2-3-7(4-8(6)10)5-9(11)12/h2-4H,5H2,1H3,(H,11,12). The van der Waals surface area contributed by atoms with Gasteiger partial charge in [-0.15, -0.1) is 0 Å². The van der Waals surface area contributed by atoms with Crippen molar-refractivity contribution in [2.75, 3.05) is 0 Å². The maximum atomic E-state index is 10.3. The molecule has 0 fully saturated rings. The van der Waals surface area contributed by atoms with E-state index in [1.54, 1.807) is 12.1 Å². The molecule has 0 radical (unpaired) electrons. The van der Waals surface area contributed by atoms with Crippen LogP contribution in [0.1, 0.15) is 11.1 Å². The fourth-order valence-corrected chi connectivity index (χ4v) is 1.12. The van der Waals surface area contributed by atoms with Crippen molar-refractivity contribution in [3.05, 3.63) is 34.3 Å². The number of carbonyl (C=O) groups is 1. The van der Waals surface area contributed by atoms with Crippen molar-refractivity contribution >= 4 is 17.6 Å². The summed E-state index contributed by atoms with van der Waals surface area (Å²) < 4.78 is 0. The highest BCUT2D eigenvalue weighted by Gasteiger charge is 2.01. The number of halogens is 1. The molecule has 64 valence electrons. The Balaban J connectivity index is 2.89. The third kappa shape index (κ3) is 2.24. The van der Waals surface area contributed by atoms with Gasteiger partial charge in [0.1, 0.15) is 0 Å². The summed E-state index contributed by atoms with van der Waals surface area (Å²) in [6, 6.07) is 5.28. The van der Waals surface area contributed by atoms with E-state index in [4.69, 9.17) is 16.7 Å². The highest BCUT2D eigenvalue weighted by atomic mass is 35.5. The van der Waals surface area contributed by atoms with Crippen LogP contribution in [-0.2, 0) is 11.2 Å². The average molecular weight is 185 g/mol. The lowest BCUT2D eigenvalue weighted by molar-refractivity contribution is -0.136. The first-order chi connectivity index (χ1) is 5.59. The van der Waals surface area contributed by atoms with E-state index in [1.165, 1.54) is 0 Å². The van der Waals surface area contributed by atoms with Crippen molar-refractivity contribution < 1.29 is 9.90 Å². The van der Waals surface area contributed by atoms with Crippen LogP contribution in [-0.4, -0.2) is 11.1 Å². The summed E-state index contributed by atoms with van der Waals surface area (Å²) in [5.74, 6) is -0.838. The molecule has 0 aromatic heterocycles. The largest absolute Gasteiger partial charge is 0.481 e. The van der Waals surface area contributed by atoms with Gasteiger partial charge in [-0.2, -0.15) is 0 Å². The van der Waals surface area contributed by atoms with Gasteiger partial charge in [-0.3, -0.25) is 4.79 Å². The van der Waals surface area contributed by atoms with E-state index in [0.29, 0.717) is 5.02 Å². The Morgan fingerprint density at radius 2 is 2.25 bits per heavy atom. The molecule has 0 heterocycles. The Bertz CT molecular complexity index is 307. The number of carboxylic acid groups (broad SMARTS) is 1. The van der Waals surface area contributed by atoms with Crippen LogP contribution in [0.25, 0.3) is 0 Å². The predicted octanol–water partition coefficient (Wildman–Crippen LogP) is 2.28. The zero-order valence-electron chi connectivity index (χ0n) is 6.67.